The normalized spacial score (nSPS) is 10.9. The van der Waals surface area contributed by atoms with Crippen molar-refractivity contribution in [3.63, 3.8) is 0 Å². The molecule has 1 amide bonds. The molecular weight excluding hydrogens is 422 g/mol. The van der Waals surface area contributed by atoms with Crippen LogP contribution in [0, 0.1) is 10.1 Å². The highest BCUT2D eigenvalue weighted by atomic mass is 16.6. The van der Waals surface area contributed by atoms with Crippen molar-refractivity contribution in [1.29, 1.82) is 0 Å². The summed E-state index contributed by atoms with van der Waals surface area (Å²) in [6, 6.07) is 8.50. The number of nitrogens with zero attached hydrogens (tertiary/aromatic N) is 4. The summed E-state index contributed by atoms with van der Waals surface area (Å²) in [6.07, 6.45) is -0.780. The monoisotopic (exact) mass is 447 g/mol. The van der Waals surface area contributed by atoms with Crippen molar-refractivity contribution in [2.45, 2.75) is 6.92 Å². The fourth-order valence-corrected chi connectivity index (χ4v) is 2.74. The maximum atomic E-state index is 11.6. The standard InChI is InChI=1S/C19H25N7O6/c1-4-32-19(27)23-16-9-15(17(26(29)30)18(20)22-16)21-10-12(24-28)11-25(2)13-5-7-14(31-3)8-6-13/h5-9,28H,4,10-11H2,1-3H3,(H4,20,21,22,23,27)/b24-12-. The third-order valence-corrected chi connectivity index (χ3v) is 4.27. The van der Waals surface area contributed by atoms with Gasteiger partial charge in [-0.2, -0.15) is 0 Å². The number of carbonyl (C=O) groups excluding carboxylic acids is 1. The third-order valence-electron chi connectivity index (χ3n) is 4.27. The van der Waals surface area contributed by atoms with Crippen LogP contribution in [0.5, 0.6) is 5.75 Å². The number of aromatic nitrogens is 1. The van der Waals surface area contributed by atoms with Crippen molar-refractivity contribution in [1.82, 2.24) is 4.98 Å². The molecule has 13 heteroatoms. The van der Waals surface area contributed by atoms with Crippen LogP contribution in [0.1, 0.15) is 6.92 Å². The molecule has 172 valence electrons. The Morgan fingerprint density at radius 3 is 2.62 bits per heavy atom. The minimum atomic E-state index is -0.780. The van der Waals surface area contributed by atoms with Gasteiger partial charge in [0.1, 0.15) is 17.3 Å². The lowest BCUT2D eigenvalue weighted by Crippen LogP contribution is -2.30. The van der Waals surface area contributed by atoms with Gasteiger partial charge in [0.15, 0.2) is 0 Å². The van der Waals surface area contributed by atoms with E-state index in [-0.39, 0.29) is 36.9 Å². The van der Waals surface area contributed by atoms with E-state index in [2.05, 4.69) is 20.8 Å². The SMILES string of the molecule is CCOC(=O)Nc1cc(NC/C(CN(C)c2ccc(OC)cc2)=N/O)c([N+](=O)[O-])c(N)n1. The van der Waals surface area contributed by atoms with Gasteiger partial charge in [-0.25, -0.2) is 9.78 Å². The number of nitrogens with two attached hydrogens (primary N) is 1. The molecule has 1 heterocycles. The van der Waals surface area contributed by atoms with Gasteiger partial charge in [0.25, 0.3) is 0 Å². The number of amides is 1. The summed E-state index contributed by atoms with van der Waals surface area (Å²) in [5, 5.41) is 29.3. The van der Waals surface area contributed by atoms with Gasteiger partial charge in [0, 0.05) is 18.8 Å². The highest BCUT2D eigenvalue weighted by Gasteiger charge is 2.22. The first-order chi connectivity index (χ1) is 15.3. The first-order valence-corrected chi connectivity index (χ1v) is 9.46. The molecule has 0 unspecified atom stereocenters. The summed E-state index contributed by atoms with van der Waals surface area (Å²) in [5.74, 6) is 0.270. The summed E-state index contributed by atoms with van der Waals surface area (Å²) in [7, 11) is 3.36. The van der Waals surface area contributed by atoms with Crippen molar-refractivity contribution in [2.24, 2.45) is 5.16 Å². The number of carbonyl (C=O) groups is 1. The molecule has 0 spiro atoms. The Morgan fingerprint density at radius 2 is 2.06 bits per heavy atom. The van der Waals surface area contributed by atoms with Crippen molar-refractivity contribution >= 4 is 40.5 Å². The fraction of sp³-hybridized carbons (Fsp3) is 0.316. The number of rotatable bonds is 10. The minimum Gasteiger partial charge on any atom is -0.497 e. The molecule has 0 aliphatic rings. The van der Waals surface area contributed by atoms with Crippen LogP contribution in [0.15, 0.2) is 35.5 Å². The second-order valence-corrected chi connectivity index (χ2v) is 6.47. The number of anilines is 4. The lowest BCUT2D eigenvalue weighted by molar-refractivity contribution is -0.383. The van der Waals surface area contributed by atoms with Gasteiger partial charge in [0.05, 0.1) is 37.4 Å². The van der Waals surface area contributed by atoms with E-state index in [1.807, 2.05) is 17.0 Å². The lowest BCUT2D eigenvalue weighted by atomic mass is 10.2. The molecule has 0 atom stereocenters. The van der Waals surface area contributed by atoms with E-state index in [1.54, 1.807) is 33.2 Å². The molecule has 5 N–H and O–H groups in total. The first kappa shape index (κ1) is 24.0. The summed E-state index contributed by atoms with van der Waals surface area (Å²) in [4.78, 5) is 28.0. The van der Waals surface area contributed by atoms with E-state index in [0.29, 0.717) is 5.75 Å². The molecule has 0 fully saturated rings. The Bertz CT molecular complexity index is 981. The molecule has 0 saturated heterocycles. The van der Waals surface area contributed by atoms with Gasteiger partial charge in [-0.15, -0.1) is 0 Å². The number of nitro groups is 1. The quantitative estimate of drug-likeness (QED) is 0.183. The number of nitrogens with one attached hydrogen (secondary N) is 2. The smallest absolute Gasteiger partial charge is 0.412 e. The number of hydrogen-bond acceptors (Lipinski definition) is 11. The van der Waals surface area contributed by atoms with Crippen LogP contribution >= 0.6 is 0 Å². The van der Waals surface area contributed by atoms with Gasteiger partial charge >= 0.3 is 11.8 Å². The molecule has 0 saturated carbocycles. The molecule has 0 radical (unpaired) electrons. The maximum Gasteiger partial charge on any atom is 0.412 e. The Hall–Kier alpha value is -4.29. The van der Waals surface area contributed by atoms with Gasteiger partial charge in [-0.3, -0.25) is 15.4 Å². The molecule has 13 nitrogen and oxygen atoms in total. The highest BCUT2D eigenvalue weighted by molar-refractivity contribution is 5.93. The third kappa shape index (κ3) is 6.35. The van der Waals surface area contributed by atoms with Crippen LogP contribution in [0.25, 0.3) is 0 Å². The number of hydrogen-bond donors (Lipinski definition) is 4. The van der Waals surface area contributed by atoms with E-state index in [9.17, 15) is 20.1 Å². The summed E-state index contributed by atoms with van der Waals surface area (Å²) in [5.41, 5.74) is 6.35. The van der Waals surface area contributed by atoms with Crippen molar-refractivity contribution < 1.29 is 24.4 Å². The van der Waals surface area contributed by atoms with Crippen molar-refractivity contribution in [3.8, 4) is 5.75 Å². The molecule has 0 aliphatic carbocycles. The second kappa shape index (κ2) is 11.2. The van der Waals surface area contributed by atoms with E-state index in [4.69, 9.17) is 15.2 Å². The lowest BCUT2D eigenvalue weighted by Gasteiger charge is -2.20. The zero-order valence-corrected chi connectivity index (χ0v) is 17.9. The Balaban J connectivity index is 2.15. The molecule has 1 aromatic heterocycles. The molecular formula is C19H25N7O6. The number of nitrogen functional groups attached to an aromatic ring is 1. The topological polar surface area (TPSA) is 177 Å². The van der Waals surface area contributed by atoms with E-state index >= 15 is 0 Å². The number of methoxy groups -OCH3 is 1. The predicted molar refractivity (Wildman–Crippen MR) is 120 cm³/mol. The Kier molecular flexibility index (Phi) is 8.39. The largest absolute Gasteiger partial charge is 0.497 e. The van der Waals surface area contributed by atoms with Crippen molar-refractivity contribution in [2.75, 3.05) is 55.1 Å². The minimum absolute atomic E-state index is 0.0115. The Labute approximate surface area is 184 Å². The summed E-state index contributed by atoms with van der Waals surface area (Å²) in [6.45, 7) is 1.94. The van der Waals surface area contributed by atoms with Crippen LogP contribution in [0.2, 0.25) is 0 Å². The fourth-order valence-electron chi connectivity index (χ4n) is 2.74. The first-order valence-electron chi connectivity index (χ1n) is 9.46. The van der Waals surface area contributed by atoms with Crippen LogP contribution in [0.3, 0.4) is 0 Å². The average molecular weight is 447 g/mol. The summed E-state index contributed by atoms with van der Waals surface area (Å²) < 4.78 is 9.90. The van der Waals surface area contributed by atoms with E-state index < -0.39 is 22.5 Å². The highest BCUT2D eigenvalue weighted by Crippen LogP contribution is 2.32. The van der Waals surface area contributed by atoms with E-state index in [1.165, 1.54) is 6.07 Å². The predicted octanol–water partition coefficient (Wildman–Crippen LogP) is 2.53. The maximum absolute atomic E-state index is 11.6. The van der Waals surface area contributed by atoms with Crippen LogP contribution in [0.4, 0.5) is 33.5 Å². The molecule has 1 aromatic carbocycles. The van der Waals surface area contributed by atoms with E-state index in [0.717, 1.165) is 5.69 Å². The number of ether oxygens (including phenoxy) is 2. The van der Waals surface area contributed by atoms with Crippen LogP contribution < -0.4 is 26.0 Å². The number of pyridine rings is 1. The van der Waals surface area contributed by atoms with Crippen LogP contribution in [-0.2, 0) is 4.74 Å². The van der Waals surface area contributed by atoms with Gasteiger partial charge in [-0.05, 0) is 31.2 Å². The number of benzene rings is 1. The van der Waals surface area contributed by atoms with Gasteiger partial charge < -0.3 is 30.6 Å². The summed E-state index contributed by atoms with van der Waals surface area (Å²) >= 11 is 0. The molecule has 2 rings (SSSR count). The zero-order chi connectivity index (χ0) is 23.7. The average Bonchev–Trinajstić information content (AvgIpc) is 2.76. The zero-order valence-electron chi connectivity index (χ0n) is 17.9. The van der Waals surface area contributed by atoms with Gasteiger partial charge in [-0.1, -0.05) is 5.16 Å². The molecule has 2 aromatic rings. The molecule has 0 bridgehead atoms. The van der Waals surface area contributed by atoms with Crippen molar-refractivity contribution in [3.05, 3.63) is 40.4 Å². The molecule has 0 aliphatic heterocycles. The second-order valence-electron chi connectivity index (χ2n) is 6.47. The molecule has 32 heavy (non-hydrogen) atoms. The Morgan fingerprint density at radius 1 is 1.38 bits per heavy atom. The van der Waals surface area contributed by atoms with Crippen LogP contribution in [-0.4, -0.2) is 60.8 Å². The number of oxime groups is 1. The van der Waals surface area contributed by atoms with Gasteiger partial charge in [0.2, 0.25) is 5.82 Å².